The Balaban J connectivity index is 2.46. The van der Waals surface area contributed by atoms with Crippen molar-refractivity contribution in [3.05, 3.63) is 34.5 Å². The van der Waals surface area contributed by atoms with E-state index in [-0.39, 0.29) is 24.2 Å². The third kappa shape index (κ3) is 3.11. The van der Waals surface area contributed by atoms with E-state index in [1.165, 1.54) is 29.4 Å². The summed E-state index contributed by atoms with van der Waals surface area (Å²) in [5.74, 6) is -0.825. The first-order chi connectivity index (χ1) is 10.5. The molecule has 2 rings (SSSR count). The molecular weight excluding hydrogens is 303 g/mol. The number of halogens is 1. The van der Waals surface area contributed by atoms with Crippen LogP contribution in [-0.4, -0.2) is 31.5 Å². The van der Waals surface area contributed by atoms with Crippen molar-refractivity contribution >= 4 is 27.3 Å². The first-order valence-electron chi connectivity index (χ1n) is 6.83. The van der Waals surface area contributed by atoms with Crippen molar-refractivity contribution < 1.29 is 13.9 Å². The first kappa shape index (κ1) is 16.4. The van der Waals surface area contributed by atoms with E-state index in [1.54, 1.807) is 26.1 Å². The zero-order valence-corrected chi connectivity index (χ0v) is 13.5. The number of thiophene rings is 1. The van der Waals surface area contributed by atoms with Gasteiger partial charge in [-0.3, -0.25) is 4.79 Å². The van der Waals surface area contributed by atoms with Crippen molar-refractivity contribution in [2.45, 2.75) is 13.5 Å². The highest BCUT2D eigenvalue weighted by Crippen LogP contribution is 2.34. The molecule has 0 aliphatic carbocycles. The highest BCUT2D eigenvalue weighted by atomic mass is 32.1. The molecule has 116 valence electrons. The second kappa shape index (κ2) is 6.86. The molecule has 1 atom stereocenters. The van der Waals surface area contributed by atoms with Crippen molar-refractivity contribution in [3.63, 3.8) is 0 Å². The molecule has 0 unspecified atom stereocenters. The van der Waals surface area contributed by atoms with Gasteiger partial charge in [-0.05, 0) is 19.1 Å². The number of nitriles is 1. The number of carbonyl (C=O) groups is 1. The van der Waals surface area contributed by atoms with E-state index < -0.39 is 0 Å². The maximum absolute atomic E-state index is 14.1. The monoisotopic (exact) mass is 320 g/mol. The summed E-state index contributed by atoms with van der Waals surface area (Å²) in [4.78, 5) is 14.6. The van der Waals surface area contributed by atoms with Crippen LogP contribution < -0.4 is 0 Å². The largest absolute Gasteiger partial charge is 0.380 e. The van der Waals surface area contributed by atoms with Crippen LogP contribution in [-0.2, 0) is 11.3 Å². The first-order valence-corrected chi connectivity index (χ1v) is 7.65. The Labute approximate surface area is 132 Å². The van der Waals surface area contributed by atoms with Crippen molar-refractivity contribution in [2.75, 3.05) is 20.7 Å². The second-order valence-corrected chi connectivity index (χ2v) is 6.22. The number of ether oxygens (including phenoxy) is 1. The van der Waals surface area contributed by atoms with Crippen molar-refractivity contribution in [2.24, 2.45) is 5.92 Å². The standard InChI is InChI=1S/C16H17FN2O2S/c1-10(7-18)8-19(2)16(20)15-11(9-21-3)14-12(17)5-4-6-13(14)22-15/h4-6,10H,8-9H2,1-3H3/t10-/m1/s1. The summed E-state index contributed by atoms with van der Waals surface area (Å²) in [5, 5.41) is 9.31. The highest BCUT2D eigenvalue weighted by molar-refractivity contribution is 7.21. The van der Waals surface area contributed by atoms with Crippen molar-refractivity contribution in [1.82, 2.24) is 4.90 Å². The predicted octanol–water partition coefficient (Wildman–Crippen LogP) is 3.42. The van der Waals surface area contributed by atoms with Gasteiger partial charge in [0.05, 0.1) is 23.5 Å². The Morgan fingerprint density at radius 3 is 2.91 bits per heavy atom. The Kier molecular flexibility index (Phi) is 5.11. The summed E-state index contributed by atoms with van der Waals surface area (Å²) in [7, 11) is 3.16. The second-order valence-electron chi connectivity index (χ2n) is 5.17. The van der Waals surface area contributed by atoms with Gasteiger partial charge in [-0.2, -0.15) is 5.26 Å². The molecule has 1 heterocycles. The van der Waals surface area contributed by atoms with E-state index in [2.05, 4.69) is 6.07 Å². The smallest absolute Gasteiger partial charge is 0.264 e. The van der Waals surface area contributed by atoms with E-state index in [4.69, 9.17) is 10.00 Å². The number of carbonyl (C=O) groups excluding carboxylic acids is 1. The fourth-order valence-electron chi connectivity index (χ4n) is 2.33. The number of hydrogen-bond donors (Lipinski definition) is 0. The van der Waals surface area contributed by atoms with Crippen LogP contribution in [0.25, 0.3) is 10.1 Å². The highest BCUT2D eigenvalue weighted by Gasteiger charge is 2.23. The molecule has 0 radical (unpaired) electrons. The third-order valence-electron chi connectivity index (χ3n) is 3.36. The Hall–Kier alpha value is -1.97. The fourth-order valence-corrected chi connectivity index (χ4v) is 3.55. The maximum Gasteiger partial charge on any atom is 0.264 e. The fraction of sp³-hybridized carbons (Fsp3) is 0.375. The summed E-state index contributed by atoms with van der Waals surface area (Å²) in [6.07, 6.45) is 0. The van der Waals surface area contributed by atoms with Gasteiger partial charge in [0.25, 0.3) is 5.91 Å². The third-order valence-corrected chi connectivity index (χ3v) is 4.55. The van der Waals surface area contributed by atoms with E-state index in [9.17, 15) is 9.18 Å². The lowest BCUT2D eigenvalue weighted by Crippen LogP contribution is -2.30. The zero-order chi connectivity index (χ0) is 16.3. The summed E-state index contributed by atoms with van der Waals surface area (Å²) in [5.41, 5.74) is 0.571. The van der Waals surface area contributed by atoms with Gasteiger partial charge in [0.1, 0.15) is 5.82 Å². The Morgan fingerprint density at radius 1 is 1.55 bits per heavy atom. The molecule has 0 aliphatic heterocycles. The molecule has 0 fully saturated rings. The summed E-state index contributed by atoms with van der Waals surface area (Å²) in [6, 6.07) is 6.90. The van der Waals surface area contributed by atoms with Crippen molar-refractivity contribution in [3.8, 4) is 6.07 Å². The topological polar surface area (TPSA) is 53.3 Å². The molecule has 1 amide bonds. The quantitative estimate of drug-likeness (QED) is 0.848. The van der Waals surface area contributed by atoms with Crippen LogP contribution in [0.4, 0.5) is 4.39 Å². The van der Waals surface area contributed by atoms with E-state index in [1.807, 2.05) is 0 Å². The number of hydrogen-bond acceptors (Lipinski definition) is 4. The average molecular weight is 320 g/mol. The lowest BCUT2D eigenvalue weighted by Gasteiger charge is -2.18. The van der Waals surface area contributed by atoms with Crippen LogP contribution in [0.2, 0.25) is 0 Å². The Morgan fingerprint density at radius 2 is 2.27 bits per heavy atom. The number of fused-ring (bicyclic) bond motifs is 1. The molecule has 4 nitrogen and oxygen atoms in total. The molecule has 0 aliphatic rings. The van der Waals surface area contributed by atoms with Crippen LogP contribution in [0.3, 0.4) is 0 Å². The van der Waals surface area contributed by atoms with E-state index >= 15 is 0 Å². The van der Waals surface area contributed by atoms with Gasteiger partial charge in [0.15, 0.2) is 0 Å². The lowest BCUT2D eigenvalue weighted by molar-refractivity contribution is 0.0785. The average Bonchev–Trinajstić information content (AvgIpc) is 2.86. The molecule has 0 N–H and O–H groups in total. The minimum absolute atomic E-state index is 0.170. The number of methoxy groups -OCH3 is 1. The van der Waals surface area contributed by atoms with Crippen LogP contribution in [0, 0.1) is 23.1 Å². The normalized spacial score (nSPS) is 12.1. The number of rotatable bonds is 5. The van der Waals surface area contributed by atoms with Gasteiger partial charge < -0.3 is 9.64 Å². The number of nitrogens with zero attached hydrogens (tertiary/aromatic N) is 2. The van der Waals surface area contributed by atoms with Crippen LogP contribution in [0.15, 0.2) is 18.2 Å². The van der Waals surface area contributed by atoms with Gasteiger partial charge in [0.2, 0.25) is 0 Å². The minimum atomic E-state index is -0.354. The molecule has 6 heteroatoms. The predicted molar refractivity (Wildman–Crippen MR) is 84.2 cm³/mol. The molecule has 0 bridgehead atoms. The number of amides is 1. The van der Waals surface area contributed by atoms with E-state index in [0.29, 0.717) is 22.4 Å². The lowest BCUT2D eigenvalue weighted by atomic mass is 10.1. The van der Waals surface area contributed by atoms with Gasteiger partial charge in [-0.15, -0.1) is 11.3 Å². The molecule has 0 saturated carbocycles. The zero-order valence-electron chi connectivity index (χ0n) is 12.7. The molecule has 1 aromatic heterocycles. The molecule has 0 spiro atoms. The molecular formula is C16H17FN2O2S. The molecule has 2 aromatic rings. The van der Waals surface area contributed by atoms with Crippen LogP contribution in [0.5, 0.6) is 0 Å². The van der Waals surface area contributed by atoms with Gasteiger partial charge in [0, 0.05) is 36.4 Å². The summed E-state index contributed by atoms with van der Waals surface area (Å²) < 4.78 is 20.0. The summed E-state index contributed by atoms with van der Waals surface area (Å²) in [6.45, 7) is 2.26. The SMILES string of the molecule is COCc1c(C(=O)N(C)C[C@H](C)C#N)sc2cccc(F)c12. The number of benzene rings is 1. The molecule has 1 aromatic carbocycles. The van der Waals surface area contributed by atoms with Gasteiger partial charge in [-0.1, -0.05) is 6.07 Å². The van der Waals surface area contributed by atoms with Gasteiger partial charge in [-0.25, -0.2) is 4.39 Å². The van der Waals surface area contributed by atoms with Gasteiger partial charge >= 0.3 is 0 Å². The summed E-state index contributed by atoms with van der Waals surface area (Å²) >= 11 is 1.26. The molecule has 0 saturated heterocycles. The van der Waals surface area contributed by atoms with E-state index in [0.717, 1.165) is 4.70 Å². The van der Waals surface area contributed by atoms with Crippen LogP contribution in [0.1, 0.15) is 22.2 Å². The minimum Gasteiger partial charge on any atom is -0.380 e. The Bertz CT molecular complexity index is 736. The molecule has 22 heavy (non-hydrogen) atoms. The van der Waals surface area contributed by atoms with Crippen LogP contribution >= 0.6 is 11.3 Å². The maximum atomic E-state index is 14.1. The van der Waals surface area contributed by atoms with Crippen molar-refractivity contribution in [1.29, 1.82) is 5.26 Å².